The molecule has 1 aromatic heterocycles. The zero-order chi connectivity index (χ0) is 20.2. The van der Waals surface area contributed by atoms with E-state index in [0.717, 1.165) is 53.3 Å². The van der Waals surface area contributed by atoms with Crippen molar-refractivity contribution in [2.45, 2.75) is 26.8 Å². The van der Waals surface area contributed by atoms with Crippen LogP contribution in [0.4, 0.5) is 17.1 Å². The summed E-state index contributed by atoms with van der Waals surface area (Å²) in [6.45, 7) is 5.94. The van der Waals surface area contributed by atoms with E-state index >= 15 is 0 Å². The topological polar surface area (TPSA) is 71.0 Å². The van der Waals surface area contributed by atoms with Crippen LogP contribution in [0.3, 0.4) is 0 Å². The van der Waals surface area contributed by atoms with Gasteiger partial charge in [-0.3, -0.25) is 4.79 Å². The molecule has 0 saturated carbocycles. The summed E-state index contributed by atoms with van der Waals surface area (Å²) >= 11 is 0. The van der Waals surface area contributed by atoms with Crippen molar-refractivity contribution >= 4 is 28.5 Å². The Labute approximate surface area is 170 Å². The van der Waals surface area contributed by atoms with Crippen LogP contribution in [0.15, 0.2) is 61.3 Å². The zero-order valence-corrected chi connectivity index (χ0v) is 16.7. The van der Waals surface area contributed by atoms with Gasteiger partial charge in [0, 0.05) is 54.3 Å². The molecule has 0 spiro atoms. The normalized spacial score (nSPS) is 14.0. The minimum absolute atomic E-state index is 0.0744. The maximum absolute atomic E-state index is 12.3. The fraction of sp³-hybridized carbons (Fsp3) is 0.217. The lowest BCUT2D eigenvalue weighted by Crippen LogP contribution is -2.07. The van der Waals surface area contributed by atoms with Gasteiger partial charge in [-0.2, -0.15) is 0 Å². The molecule has 2 heterocycles. The van der Waals surface area contributed by atoms with Crippen molar-refractivity contribution in [3.63, 3.8) is 0 Å². The Morgan fingerprint density at radius 1 is 1.17 bits per heavy atom. The molecule has 6 nitrogen and oxygen atoms in total. The summed E-state index contributed by atoms with van der Waals surface area (Å²) in [4.78, 5) is 16.4. The van der Waals surface area contributed by atoms with Gasteiger partial charge in [-0.25, -0.2) is 4.98 Å². The minimum atomic E-state index is -0.0744. The van der Waals surface area contributed by atoms with E-state index in [1.54, 1.807) is 12.4 Å². The number of fused-ring (bicyclic) bond motifs is 1. The Morgan fingerprint density at radius 3 is 2.86 bits per heavy atom. The molecule has 0 radical (unpaired) electrons. The smallest absolute Gasteiger partial charge is 0.257 e. The minimum Gasteiger partial charge on any atom is -0.385 e. The van der Waals surface area contributed by atoms with Crippen molar-refractivity contribution in [3.8, 4) is 0 Å². The van der Waals surface area contributed by atoms with Gasteiger partial charge >= 0.3 is 0 Å². The fourth-order valence-electron chi connectivity index (χ4n) is 3.58. The molecule has 3 aromatic rings. The fourth-order valence-corrected chi connectivity index (χ4v) is 3.58. The van der Waals surface area contributed by atoms with Crippen LogP contribution < -0.4 is 16.0 Å². The molecule has 0 bridgehead atoms. The standard InChI is InChI=1S/C23H25N5O/c1-16-5-3-6-21-22(16)19(23(29)27-21)14-26-18-7-8-20(17(2)13-18)25-9-4-11-28-12-10-24-15-28/h3,5-8,10,12-15,25-26H,4,9,11H2,1-2H3,(H,27,29). The first-order valence-electron chi connectivity index (χ1n) is 9.80. The number of imidazole rings is 1. The summed E-state index contributed by atoms with van der Waals surface area (Å²) in [5.41, 5.74) is 6.82. The second-order valence-corrected chi connectivity index (χ2v) is 7.26. The van der Waals surface area contributed by atoms with Gasteiger partial charge in [-0.1, -0.05) is 12.1 Å². The summed E-state index contributed by atoms with van der Waals surface area (Å²) in [6.07, 6.45) is 8.43. The number of nitrogens with zero attached hydrogens (tertiary/aromatic N) is 2. The number of nitrogens with one attached hydrogen (secondary N) is 3. The Balaban J connectivity index is 1.39. The number of carbonyl (C=O) groups is 1. The second-order valence-electron chi connectivity index (χ2n) is 7.26. The predicted octanol–water partition coefficient (Wildman–Crippen LogP) is 4.41. The van der Waals surface area contributed by atoms with Crippen LogP contribution in [0.2, 0.25) is 0 Å². The lowest BCUT2D eigenvalue weighted by atomic mass is 10.0. The Kier molecular flexibility index (Phi) is 5.33. The number of carbonyl (C=O) groups excluding carboxylic acids is 1. The number of aryl methyl sites for hydroxylation is 3. The SMILES string of the molecule is Cc1cc(NC=C2C(=O)Nc3cccc(C)c32)ccc1NCCCn1ccnc1. The molecule has 0 aliphatic carbocycles. The zero-order valence-electron chi connectivity index (χ0n) is 16.7. The highest BCUT2D eigenvalue weighted by Gasteiger charge is 2.25. The van der Waals surface area contributed by atoms with E-state index in [1.807, 2.05) is 43.7 Å². The third-order valence-electron chi connectivity index (χ3n) is 5.11. The molecule has 148 valence electrons. The van der Waals surface area contributed by atoms with E-state index in [9.17, 15) is 4.79 Å². The maximum Gasteiger partial charge on any atom is 0.257 e. The van der Waals surface area contributed by atoms with Gasteiger partial charge in [0.05, 0.1) is 11.9 Å². The molecular formula is C23H25N5O. The van der Waals surface area contributed by atoms with Crippen molar-refractivity contribution in [2.24, 2.45) is 0 Å². The summed E-state index contributed by atoms with van der Waals surface area (Å²) in [6, 6.07) is 12.1. The number of amides is 1. The number of anilines is 3. The van der Waals surface area contributed by atoms with Crippen LogP contribution in [0.25, 0.3) is 5.57 Å². The Morgan fingerprint density at radius 2 is 2.07 bits per heavy atom. The number of aromatic nitrogens is 2. The average molecular weight is 387 g/mol. The molecule has 1 aliphatic heterocycles. The van der Waals surface area contributed by atoms with Gasteiger partial charge in [0.1, 0.15) is 0 Å². The van der Waals surface area contributed by atoms with E-state index in [0.29, 0.717) is 5.57 Å². The monoisotopic (exact) mass is 387 g/mol. The van der Waals surface area contributed by atoms with Crippen LogP contribution in [0.1, 0.15) is 23.1 Å². The van der Waals surface area contributed by atoms with Crippen LogP contribution in [-0.2, 0) is 11.3 Å². The number of rotatable bonds is 7. The molecule has 4 rings (SSSR count). The third kappa shape index (κ3) is 4.16. The molecule has 1 amide bonds. The summed E-state index contributed by atoms with van der Waals surface area (Å²) < 4.78 is 2.08. The van der Waals surface area contributed by atoms with E-state index < -0.39 is 0 Å². The maximum atomic E-state index is 12.3. The van der Waals surface area contributed by atoms with E-state index in [-0.39, 0.29) is 5.91 Å². The van der Waals surface area contributed by atoms with E-state index in [2.05, 4.69) is 44.6 Å². The van der Waals surface area contributed by atoms with Crippen LogP contribution >= 0.6 is 0 Å². The second kappa shape index (κ2) is 8.22. The van der Waals surface area contributed by atoms with Gasteiger partial charge < -0.3 is 20.5 Å². The van der Waals surface area contributed by atoms with Crippen molar-refractivity contribution < 1.29 is 4.79 Å². The number of benzene rings is 2. The molecule has 1 aliphatic rings. The first-order chi connectivity index (χ1) is 14.1. The van der Waals surface area contributed by atoms with Crippen LogP contribution in [0.5, 0.6) is 0 Å². The molecule has 2 aromatic carbocycles. The molecule has 0 atom stereocenters. The van der Waals surface area contributed by atoms with Crippen molar-refractivity contribution in [1.82, 2.24) is 9.55 Å². The van der Waals surface area contributed by atoms with Crippen molar-refractivity contribution in [2.75, 3.05) is 22.5 Å². The van der Waals surface area contributed by atoms with Gasteiger partial charge in [0.2, 0.25) is 0 Å². The molecule has 0 unspecified atom stereocenters. The number of hydrogen-bond donors (Lipinski definition) is 3. The lowest BCUT2D eigenvalue weighted by Gasteiger charge is -2.12. The van der Waals surface area contributed by atoms with Crippen molar-refractivity contribution in [1.29, 1.82) is 0 Å². The molecule has 0 saturated heterocycles. The lowest BCUT2D eigenvalue weighted by molar-refractivity contribution is -0.110. The largest absolute Gasteiger partial charge is 0.385 e. The summed E-state index contributed by atoms with van der Waals surface area (Å²) in [7, 11) is 0. The van der Waals surface area contributed by atoms with E-state index in [1.165, 1.54) is 0 Å². The van der Waals surface area contributed by atoms with Crippen LogP contribution in [-0.4, -0.2) is 22.0 Å². The summed E-state index contributed by atoms with van der Waals surface area (Å²) in [5, 5.41) is 9.69. The van der Waals surface area contributed by atoms with Gasteiger partial charge in [0.25, 0.3) is 5.91 Å². The highest BCUT2D eigenvalue weighted by Crippen LogP contribution is 2.34. The van der Waals surface area contributed by atoms with Gasteiger partial charge in [0.15, 0.2) is 0 Å². The average Bonchev–Trinajstić information content (AvgIpc) is 3.33. The first kappa shape index (κ1) is 18.8. The van der Waals surface area contributed by atoms with Gasteiger partial charge in [-0.05, 0) is 55.7 Å². The summed E-state index contributed by atoms with van der Waals surface area (Å²) in [5.74, 6) is -0.0744. The highest BCUT2D eigenvalue weighted by atomic mass is 16.2. The van der Waals surface area contributed by atoms with Gasteiger partial charge in [-0.15, -0.1) is 0 Å². The number of hydrogen-bond acceptors (Lipinski definition) is 4. The molecule has 29 heavy (non-hydrogen) atoms. The molecule has 0 fully saturated rings. The first-order valence-corrected chi connectivity index (χ1v) is 9.80. The third-order valence-corrected chi connectivity index (χ3v) is 5.11. The highest BCUT2D eigenvalue weighted by molar-refractivity contribution is 6.32. The molecular weight excluding hydrogens is 362 g/mol. The Bertz CT molecular complexity index is 1050. The van der Waals surface area contributed by atoms with Crippen LogP contribution in [0, 0.1) is 13.8 Å². The van der Waals surface area contributed by atoms with Crippen molar-refractivity contribution in [3.05, 3.63) is 78.0 Å². The Hall–Kier alpha value is -3.54. The quantitative estimate of drug-likeness (QED) is 0.415. The molecule has 6 heteroatoms. The van der Waals surface area contributed by atoms with E-state index in [4.69, 9.17) is 0 Å². The molecule has 3 N–H and O–H groups in total. The predicted molar refractivity (Wildman–Crippen MR) is 118 cm³/mol.